The van der Waals surface area contributed by atoms with Gasteiger partial charge in [0.15, 0.2) is 0 Å². The van der Waals surface area contributed by atoms with E-state index in [1.54, 1.807) is 12.2 Å². The summed E-state index contributed by atoms with van der Waals surface area (Å²) in [6.07, 6.45) is 7.77. The highest BCUT2D eigenvalue weighted by molar-refractivity contribution is 7.84. The average Bonchev–Trinajstić information content (AvgIpc) is 1.97. The zero-order valence-corrected chi connectivity index (χ0v) is 5.81. The second kappa shape index (κ2) is 2.78. The lowest BCUT2D eigenvalue weighted by Gasteiger charge is -1.86. The molecular weight excluding hydrogens is 132 g/mol. The second-order valence-electron chi connectivity index (χ2n) is 1.86. The van der Waals surface area contributed by atoms with Crippen LogP contribution in [0.1, 0.15) is 6.42 Å². The van der Waals surface area contributed by atoms with E-state index in [0.29, 0.717) is 12.2 Å². The van der Waals surface area contributed by atoms with E-state index in [-0.39, 0.29) is 0 Å². The maximum Gasteiger partial charge on any atom is 0.0960 e. The van der Waals surface area contributed by atoms with E-state index in [9.17, 15) is 0 Å². The zero-order chi connectivity index (χ0) is 6.69. The van der Waals surface area contributed by atoms with E-state index in [1.807, 2.05) is 12.2 Å². The number of allylic oxidation sites excluding steroid dienone is 4. The molecule has 1 aliphatic rings. The molecule has 0 spiro atoms. The first-order valence-electron chi connectivity index (χ1n) is 2.74. The van der Waals surface area contributed by atoms with E-state index in [4.69, 9.17) is 5.11 Å². The predicted molar refractivity (Wildman–Crippen MR) is 41.5 cm³/mol. The van der Waals surface area contributed by atoms with Gasteiger partial charge in [-0.25, -0.2) is 0 Å². The van der Waals surface area contributed by atoms with Crippen LogP contribution in [0.15, 0.2) is 35.0 Å². The molecule has 0 amide bonds. The Labute approximate surface area is 59.8 Å². The molecule has 2 heteroatoms. The smallest absolute Gasteiger partial charge is 0.0960 e. The minimum Gasteiger partial charge on any atom is -0.512 e. The second-order valence-corrected chi connectivity index (χ2v) is 2.37. The van der Waals surface area contributed by atoms with Crippen LogP contribution in [0.4, 0.5) is 0 Å². The van der Waals surface area contributed by atoms with Crippen molar-refractivity contribution < 1.29 is 5.11 Å². The van der Waals surface area contributed by atoms with Crippen molar-refractivity contribution in [3.8, 4) is 0 Å². The molecule has 1 aliphatic carbocycles. The summed E-state index contributed by atoms with van der Waals surface area (Å²) in [5, 5.41) is 8.94. The van der Waals surface area contributed by atoms with Gasteiger partial charge in [0.05, 0.1) is 5.76 Å². The van der Waals surface area contributed by atoms with Gasteiger partial charge in [0.1, 0.15) is 0 Å². The summed E-state index contributed by atoms with van der Waals surface area (Å²) in [6.45, 7) is 0. The van der Waals surface area contributed by atoms with Gasteiger partial charge in [-0.3, -0.25) is 0 Å². The summed E-state index contributed by atoms with van der Waals surface area (Å²) >= 11 is 4.09. The van der Waals surface area contributed by atoms with Gasteiger partial charge in [-0.1, -0.05) is 12.2 Å². The van der Waals surface area contributed by atoms with Crippen molar-refractivity contribution in [3.05, 3.63) is 35.0 Å². The molecule has 9 heavy (non-hydrogen) atoms. The third-order valence-corrected chi connectivity index (χ3v) is 1.36. The van der Waals surface area contributed by atoms with Gasteiger partial charge in [0, 0.05) is 11.3 Å². The molecule has 0 aromatic carbocycles. The molecule has 0 aromatic rings. The van der Waals surface area contributed by atoms with Gasteiger partial charge in [0.2, 0.25) is 0 Å². The molecule has 0 atom stereocenters. The number of aliphatic hydroxyl groups is 1. The van der Waals surface area contributed by atoms with Gasteiger partial charge >= 0.3 is 0 Å². The van der Waals surface area contributed by atoms with E-state index < -0.39 is 0 Å². The molecule has 0 radical (unpaired) electrons. The number of rotatable bonds is 0. The van der Waals surface area contributed by atoms with E-state index in [1.165, 1.54) is 0 Å². The zero-order valence-electron chi connectivity index (χ0n) is 4.91. The maximum absolute atomic E-state index is 8.94. The summed E-state index contributed by atoms with van der Waals surface area (Å²) in [6, 6.07) is 0. The number of hydrogen-bond acceptors (Lipinski definition) is 2. The molecular formula is C7H8OS. The van der Waals surface area contributed by atoms with E-state index in [2.05, 4.69) is 12.6 Å². The van der Waals surface area contributed by atoms with Crippen molar-refractivity contribution in [3.63, 3.8) is 0 Å². The molecule has 0 bridgehead atoms. The van der Waals surface area contributed by atoms with Crippen LogP contribution in [0.5, 0.6) is 0 Å². The van der Waals surface area contributed by atoms with Crippen molar-refractivity contribution in [2.24, 2.45) is 0 Å². The monoisotopic (exact) mass is 140 g/mol. The van der Waals surface area contributed by atoms with Crippen LogP contribution in [0.3, 0.4) is 0 Å². The van der Waals surface area contributed by atoms with Gasteiger partial charge in [-0.2, -0.15) is 0 Å². The first-order valence-corrected chi connectivity index (χ1v) is 3.19. The van der Waals surface area contributed by atoms with Crippen LogP contribution in [-0.2, 0) is 0 Å². The molecule has 48 valence electrons. The Balaban J connectivity index is 2.80. The standard InChI is InChI=1S/C7H8OS/c8-6-2-1-3-7(9)5-4-6/h1,3-5,8-9H,2H2. The minimum atomic E-state index is 0.385. The molecule has 0 aromatic heterocycles. The lowest BCUT2D eigenvalue weighted by molar-refractivity contribution is 0.402. The van der Waals surface area contributed by atoms with E-state index in [0.717, 1.165) is 4.91 Å². The molecule has 0 saturated carbocycles. The Morgan fingerprint density at radius 2 is 2.22 bits per heavy atom. The Morgan fingerprint density at radius 3 is 3.00 bits per heavy atom. The fourth-order valence-electron chi connectivity index (χ4n) is 0.606. The van der Waals surface area contributed by atoms with Gasteiger partial charge in [0.25, 0.3) is 0 Å². The molecule has 1 N–H and O–H groups in total. The van der Waals surface area contributed by atoms with Crippen LogP contribution >= 0.6 is 12.6 Å². The maximum atomic E-state index is 8.94. The molecule has 1 nitrogen and oxygen atoms in total. The average molecular weight is 140 g/mol. The first kappa shape index (κ1) is 6.49. The molecule has 1 rings (SSSR count). The highest BCUT2D eigenvalue weighted by Gasteiger charge is 1.91. The SMILES string of the molecule is OC1=CC=C(S)C=CC1. The summed E-state index contributed by atoms with van der Waals surface area (Å²) in [5.74, 6) is 0.385. The first-order chi connectivity index (χ1) is 4.29. The molecule has 0 unspecified atom stereocenters. The van der Waals surface area contributed by atoms with Crippen molar-refractivity contribution in [2.45, 2.75) is 6.42 Å². The van der Waals surface area contributed by atoms with Crippen LogP contribution < -0.4 is 0 Å². The highest BCUT2D eigenvalue weighted by atomic mass is 32.1. The van der Waals surface area contributed by atoms with Crippen LogP contribution in [0, 0.1) is 0 Å². The number of aliphatic hydroxyl groups excluding tert-OH is 1. The van der Waals surface area contributed by atoms with Gasteiger partial charge < -0.3 is 5.11 Å². The Bertz CT molecular complexity index is 189. The Kier molecular flexibility index (Phi) is 2.01. The van der Waals surface area contributed by atoms with E-state index >= 15 is 0 Å². The lowest BCUT2D eigenvalue weighted by Crippen LogP contribution is -1.72. The Morgan fingerprint density at radius 1 is 1.44 bits per heavy atom. The van der Waals surface area contributed by atoms with Crippen molar-refractivity contribution in [1.29, 1.82) is 0 Å². The fourth-order valence-corrected chi connectivity index (χ4v) is 0.786. The van der Waals surface area contributed by atoms with Crippen LogP contribution in [0.2, 0.25) is 0 Å². The highest BCUT2D eigenvalue weighted by Crippen LogP contribution is 2.10. The third-order valence-electron chi connectivity index (χ3n) is 1.06. The number of hydrogen-bond donors (Lipinski definition) is 2. The van der Waals surface area contributed by atoms with Crippen LogP contribution in [-0.4, -0.2) is 5.11 Å². The topological polar surface area (TPSA) is 20.2 Å². The number of thiol groups is 1. The van der Waals surface area contributed by atoms with Gasteiger partial charge in [-0.15, -0.1) is 12.6 Å². The van der Waals surface area contributed by atoms with Crippen molar-refractivity contribution >= 4 is 12.6 Å². The minimum absolute atomic E-state index is 0.385. The van der Waals surface area contributed by atoms with Crippen LogP contribution in [0.25, 0.3) is 0 Å². The molecule has 0 fully saturated rings. The quantitative estimate of drug-likeness (QED) is 0.494. The molecule has 0 heterocycles. The molecule has 0 aliphatic heterocycles. The van der Waals surface area contributed by atoms with Crippen molar-refractivity contribution in [2.75, 3.05) is 0 Å². The fraction of sp³-hybridized carbons (Fsp3) is 0.143. The van der Waals surface area contributed by atoms with Crippen molar-refractivity contribution in [1.82, 2.24) is 0 Å². The lowest BCUT2D eigenvalue weighted by atomic mass is 10.3. The predicted octanol–water partition coefficient (Wildman–Crippen LogP) is 2.20. The summed E-state index contributed by atoms with van der Waals surface area (Å²) in [4.78, 5) is 0.874. The summed E-state index contributed by atoms with van der Waals surface area (Å²) < 4.78 is 0. The summed E-state index contributed by atoms with van der Waals surface area (Å²) in [7, 11) is 0. The largest absolute Gasteiger partial charge is 0.512 e. The summed E-state index contributed by atoms with van der Waals surface area (Å²) in [5.41, 5.74) is 0. The Hall–Kier alpha value is -0.630. The molecule has 0 saturated heterocycles. The normalized spacial score (nSPS) is 18.3. The van der Waals surface area contributed by atoms with Gasteiger partial charge in [-0.05, 0) is 12.2 Å². The third kappa shape index (κ3) is 1.98.